The largest absolute Gasteiger partial charge is 0.368 e. The summed E-state index contributed by atoms with van der Waals surface area (Å²) in [6.45, 7) is 5.72. The maximum atomic E-state index is 8.78. The molecule has 1 aromatic rings. The van der Waals surface area contributed by atoms with Gasteiger partial charge in [0.15, 0.2) is 0 Å². The molecular formula is C11H15ClN4. The third-order valence-corrected chi connectivity index (χ3v) is 2.36. The molecule has 2 N–H and O–H groups in total. The number of hydrogen-bond acceptors (Lipinski definition) is 4. The minimum atomic E-state index is 0.384. The van der Waals surface area contributed by atoms with Crippen LogP contribution in [0, 0.1) is 11.3 Å². The smallest absolute Gasteiger partial charge is 0.146 e. The summed E-state index contributed by atoms with van der Waals surface area (Å²) in [7, 11) is 0. The van der Waals surface area contributed by atoms with E-state index in [1.54, 1.807) is 12.3 Å². The van der Waals surface area contributed by atoms with Crippen LogP contribution in [0.2, 0.25) is 5.02 Å². The molecule has 0 aliphatic heterocycles. The highest BCUT2D eigenvalue weighted by Crippen LogP contribution is 2.22. The van der Waals surface area contributed by atoms with Crippen LogP contribution in [0.5, 0.6) is 0 Å². The standard InChI is InChI=1S/C11H15ClN4/c1-8(2)14-5-6-16-11-10(12)9(7-13)3-4-15-11/h3-4,8,14H,5-6H2,1-2H3,(H,15,16). The van der Waals surface area contributed by atoms with Crippen LogP contribution in [-0.2, 0) is 0 Å². The van der Waals surface area contributed by atoms with E-state index in [1.165, 1.54) is 0 Å². The number of rotatable bonds is 5. The Morgan fingerprint density at radius 2 is 2.25 bits per heavy atom. The van der Waals surface area contributed by atoms with E-state index in [0.29, 0.717) is 22.4 Å². The molecule has 0 spiro atoms. The summed E-state index contributed by atoms with van der Waals surface area (Å²) in [6, 6.07) is 4.07. The lowest BCUT2D eigenvalue weighted by atomic mass is 10.3. The zero-order valence-electron chi connectivity index (χ0n) is 9.42. The Kier molecular flexibility index (Phi) is 5.03. The van der Waals surface area contributed by atoms with Crippen LogP contribution in [0.25, 0.3) is 0 Å². The summed E-state index contributed by atoms with van der Waals surface area (Å²) in [5.74, 6) is 0.561. The summed E-state index contributed by atoms with van der Waals surface area (Å²) in [4.78, 5) is 4.08. The van der Waals surface area contributed by atoms with Gasteiger partial charge in [-0.05, 0) is 6.07 Å². The Hall–Kier alpha value is -1.31. The molecule has 1 heterocycles. The molecule has 0 radical (unpaired) electrons. The zero-order chi connectivity index (χ0) is 12.0. The van der Waals surface area contributed by atoms with Crippen molar-refractivity contribution in [3.8, 4) is 6.07 Å². The van der Waals surface area contributed by atoms with E-state index in [1.807, 2.05) is 6.07 Å². The van der Waals surface area contributed by atoms with Crippen molar-refractivity contribution < 1.29 is 0 Å². The molecule has 0 aromatic carbocycles. The van der Waals surface area contributed by atoms with Crippen molar-refractivity contribution in [2.45, 2.75) is 19.9 Å². The number of nitrogens with zero attached hydrogens (tertiary/aromatic N) is 2. The number of halogens is 1. The van der Waals surface area contributed by atoms with Crippen LogP contribution >= 0.6 is 11.6 Å². The van der Waals surface area contributed by atoms with Gasteiger partial charge in [0.1, 0.15) is 16.9 Å². The van der Waals surface area contributed by atoms with Gasteiger partial charge >= 0.3 is 0 Å². The van der Waals surface area contributed by atoms with E-state index in [-0.39, 0.29) is 0 Å². The second kappa shape index (κ2) is 6.31. The fourth-order valence-electron chi connectivity index (χ4n) is 1.20. The highest BCUT2D eigenvalue weighted by molar-refractivity contribution is 6.34. The fourth-order valence-corrected chi connectivity index (χ4v) is 1.42. The van der Waals surface area contributed by atoms with Crippen LogP contribution in [-0.4, -0.2) is 24.1 Å². The van der Waals surface area contributed by atoms with Crippen molar-refractivity contribution in [1.29, 1.82) is 5.26 Å². The first-order chi connectivity index (χ1) is 7.65. The van der Waals surface area contributed by atoms with Crippen molar-refractivity contribution in [3.05, 3.63) is 22.8 Å². The van der Waals surface area contributed by atoms with Gasteiger partial charge in [0.05, 0.1) is 5.56 Å². The van der Waals surface area contributed by atoms with Gasteiger partial charge in [-0.25, -0.2) is 4.98 Å². The molecular weight excluding hydrogens is 224 g/mol. The molecule has 16 heavy (non-hydrogen) atoms. The minimum absolute atomic E-state index is 0.384. The van der Waals surface area contributed by atoms with Crippen LogP contribution in [0.3, 0.4) is 0 Å². The Morgan fingerprint density at radius 3 is 2.88 bits per heavy atom. The summed E-state index contributed by atoms with van der Waals surface area (Å²) in [5.41, 5.74) is 0.441. The molecule has 0 saturated carbocycles. The van der Waals surface area contributed by atoms with Crippen LogP contribution in [0.1, 0.15) is 19.4 Å². The maximum absolute atomic E-state index is 8.78. The Labute approximate surface area is 101 Å². The van der Waals surface area contributed by atoms with E-state index in [4.69, 9.17) is 16.9 Å². The first kappa shape index (κ1) is 12.8. The molecule has 0 aliphatic carbocycles. The molecule has 1 aromatic heterocycles. The number of nitrogens with one attached hydrogen (secondary N) is 2. The summed E-state index contributed by atoms with van der Waals surface area (Å²) in [5, 5.41) is 15.5. The van der Waals surface area contributed by atoms with Crippen LogP contribution in [0.4, 0.5) is 5.82 Å². The third-order valence-electron chi connectivity index (χ3n) is 1.98. The normalized spacial score (nSPS) is 10.2. The van der Waals surface area contributed by atoms with Gasteiger partial charge < -0.3 is 10.6 Å². The van der Waals surface area contributed by atoms with Gasteiger partial charge in [0.2, 0.25) is 0 Å². The molecule has 0 fully saturated rings. The lowest BCUT2D eigenvalue weighted by molar-refractivity contribution is 0.602. The Balaban J connectivity index is 2.52. The number of pyridine rings is 1. The average molecular weight is 239 g/mol. The Morgan fingerprint density at radius 1 is 1.50 bits per heavy atom. The number of anilines is 1. The van der Waals surface area contributed by atoms with Crippen LogP contribution < -0.4 is 10.6 Å². The summed E-state index contributed by atoms with van der Waals surface area (Å²) < 4.78 is 0. The molecule has 4 nitrogen and oxygen atoms in total. The van der Waals surface area contributed by atoms with Crippen LogP contribution in [0.15, 0.2) is 12.3 Å². The number of hydrogen-bond donors (Lipinski definition) is 2. The first-order valence-corrected chi connectivity index (χ1v) is 5.54. The van der Waals surface area contributed by atoms with Crippen molar-refractivity contribution in [1.82, 2.24) is 10.3 Å². The van der Waals surface area contributed by atoms with Crippen molar-refractivity contribution in [2.75, 3.05) is 18.4 Å². The molecule has 0 unspecified atom stereocenters. The van der Waals surface area contributed by atoms with Gasteiger partial charge in [-0.1, -0.05) is 25.4 Å². The SMILES string of the molecule is CC(C)NCCNc1nccc(C#N)c1Cl. The minimum Gasteiger partial charge on any atom is -0.368 e. The zero-order valence-corrected chi connectivity index (χ0v) is 10.2. The lowest BCUT2D eigenvalue weighted by Gasteiger charge is -2.10. The Bertz CT molecular complexity index is 384. The van der Waals surface area contributed by atoms with Gasteiger partial charge in [0.25, 0.3) is 0 Å². The van der Waals surface area contributed by atoms with E-state index in [0.717, 1.165) is 13.1 Å². The topological polar surface area (TPSA) is 60.7 Å². The van der Waals surface area contributed by atoms with E-state index in [2.05, 4.69) is 29.5 Å². The highest BCUT2D eigenvalue weighted by atomic mass is 35.5. The van der Waals surface area contributed by atoms with Crippen molar-refractivity contribution in [2.24, 2.45) is 0 Å². The monoisotopic (exact) mass is 238 g/mol. The molecule has 0 atom stereocenters. The number of aromatic nitrogens is 1. The van der Waals surface area contributed by atoms with Crippen molar-refractivity contribution in [3.63, 3.8) is 0 Å². The summed E-state index contributed by atoms with van der Waals surface area (Å²) in [6.07, 6.45) is 1.57. The van der Waals surface area contributed by atoms with E-state index < -0.39 is 0 Å². The van der Waals surface area contributed by atoms with Crippen molar-refractivity contribution >= 4 is 17.4 Å². The molecule has 0 amide bonds. The molecule has 0 saturated heterocycles. The summed E-state index contributed by atoms with van der Waals surface area (Å²) >= 11 is 5.98. The van der Waals surface area contributed by atoms with E-state index >= 15 is 0 Å². The maximum Gasteiger partial charge on any atom is 0.146 e. The van der Waals surface area contributed by atoms with Gasteiger partial charge in [-0.15, -0.1) is 0 Å². The fraction of sp³-hybridized carbons (Fsp3) is 0.455. The highest BCUT2D eigenvalue weighted by Gasteiger charge is 2.05. The second-order valence-corrected chi connectivity index (χ2v) is 4.05. The third kappa shape index (κ3) is 3.69. The average Bonchev–Trinajstić information content (AvgIpc) is 2.26. The molecule has 86 valence electrons. The second-order valence-electron chi connectivity index (χ2n) is 3.67. The molecule has 0 bridgehead atoms. The van der Waals surface area contributed by atoms with Gasteiger partial charge in [-0.3, -0.25) is 0 Å². The van der Waals surface area contributed by atoms with E-state index in [9.17, 15) is 0 Å². The first-order valence-electron chi connectivity index (χ1n) is 5.17. The molecule has 1 rings (SSSR count). The van der Waals surface area contributed by atoms with Gasteiger partial charge in [0, 0.05) is 25.3 Å². The predicted octanol–water partition coefficient (Wildman–Crippen LogP) is 2.02. The lowest BCUT2D eigenvalue weighted by Crippen LogP contribution is -2.28. The quantitative estimate of drug-likeness (QED) is 0.771. The number of nitriles is 1. The molecule has 0 aliphatic rings. The predicted molar refractivity (Wildman–Crippen MR) is 65.6 cm³/mol. The molecule has 5 heteroatoms. The van der Waals surface area contributed by atoms with Gasteiger partial charge in [-0.2, -0.15) is 5.26 Å².